The van der Waals surface area contributed by atoms with Crippen molar-refractivity contribution in [1.82, 2.24) is 4.98 Å². The molecule has 150 valence electrons. The second kappa shape index (κ2) is 8.43. The van der Waals surface area contributed by atoms with Gasteiger partial charge in [-0.25, -0.2) is 0 Å². The Morgan fingerprint density at radius 2 is 1.66 bits per heavy atom. The normalized spacial score (nSPS) is 14.6. The number of benzene rings is 2. The van der Waals surface area contributed by atoms with E-state index in [-0.39, 0.29) is 17.2 Å². The lowest BCUT2D eigenvalue weighted by Gasteiger charge is -2.22. The standard InChI is InChI=1S/C24H26N2O3/c27-22-20(15-16-7-3-1-4-8-16)26-24(29)21(22)23(28)25-19-13-11-18(12-14-19)17-9-5-2-6-10-17/h1,3-4,7-8,11-14,17,26-27,29H,2,5-6,9-10,15H2,(H,25,28). The van der Waals surface area contributed by atoms with Gasteiger partial charge < -0.3 is 20.5 Å². The number of H-pyrrole nitrogens is 1. The van der Waals surface area contributed by atoms with Gasteiger partial charge in [0.25, 0.3) is 5.91 Å². The Bertz CT molecular complexity index is 971. The summed E-state index contributed by atoms with van der Waals surface area (Å²) in [5.41, 5.74) is 3.19. The lowest BCUT2D eigenvalue weighted by atomic mass is 9.84. The number of aromatic nitrogens is 1. The summed E-state index contributed by atoms with van der Waals surface area (Å²) in [4.78, 5) is 15.4. The van der Waals surface area contributed by atoms with Crippen LogP contribution in [0.25, 0.3) is 0 Å². The van der Waals surface area contributed by atoms with Gasteiger partial charge in [0, 0.05) is 12.1 Å². The monoisotopic (exact) mass is 390 g/mol. The molecule has 3 aromatic rings. The molecule has 0 aliphatic heterocycles. The minimum Gasteiger partial charge on any atom is -0.505 e. The third-order valence-electron chi connectivity index (χ3n) is 5.72. The smallest absolute Gasteiger partial charge is 0.264 e. The first-order valence-electron chi connectivity index (χ1n) is 10.2. The molecular formula is C24H26N2O3. The van der Waals surface area contributed by atoms with E-state index in [1.165, 1.54) is 37.7 Å². The lowest BCUT2D eigenvalue weighted by molar-refractivity contribution is 0.102. The molecule has 0 unspecified atom stereocenters. The molecule has 1 aliphatic carbocycles. The molecule has 5 heteroatoms. The minimum atomic E-state index is -0.541. The van der Waals surface area contributed by atoms with E-state index in [0.717, 1.165) is 5.56 Å². The molecule has 4 N–H and O–H groups in total. The van der Waals surface area contributed by atoms with E-state index in [0.29, 0.717) is 23.7 Å². The van der Waals surface area contributed by atoms with E-state index in [4.69, 9.17) is 0 Å². The van der Waals surface area contributed by atoms with Crippen LogP contribution in [0.15, 0.2) is 54.6 Å². The summed E-state index contributed by atoms with van der Waals surface area (Å²) in [5, 5.41) is 23.4. The highest BCUT2D eigenvalue weighted by Crippen LogP contribution is 2.34. The second-order valence-electron chi connectivity index (χ2n) is 7.75. The van der Waals surface area contributed by atoms with Crippen molar-refractivity contribution in [2.75, 3.05) is 5.32 Å². The number of amides is 1. The molecule has 1 fully saturated rings. The highest BCUT2D eigenvalue weighted by Gasteiger charge is 2.23. The van der Waals surface area contributed by atoms with Crippen molar-refractivity contribution in [3.05, 3.63) is 77.0 Å². The van der Waals surface area contributed by atoms with E-state index in [1.54, 1.807) is 0 Å². The summed E-state index contributed by atoms with van der Waals surface area (Å²) >= 11 is 0. The molecule has 1 amide bonds. The van der Waals surface area contributed by atoms with E-state index < -0.39 is 5.91 Å². The number of anilines is 1. The third kappa shape index (κ3) is 4.29. The summed E-state index contributed by atoms with van der Waals surface area (Å²) < 4.78 is 0. The van der Waals surface area contributed by atoms with Crippen molar-refractivity contribution in [2.45, 2.75) is 44.4 Å². The van der Waals surface area contributed by atoms with E-state index in [1.807, 2.05) is 42.5 Å². The summed E-state index contributed by atoms with van der Waals surface area (Å²) in [6.45, 7) is 0. The number of hydrogen-bond acceptors (Lipinski definition) is 3. The molecule has 4 rings (SSSR count). The number of hydrogen-bond donors (Lipinski definition) is 4. The molecule has 1 aromatic heterocycles. The first kappa shape index (κ1) is 19.1. The fraction of sp³-hybridized carbons (Fsp3) is 0.292. The van der Waals surface area contributed by atoms with Gasteiger partial charge in [0.2, 0.25) is 5.88 Å². The van der Waals surface area contributed by atoms with Crippen molar-refractivity contribution in [3.63, 3.8) is 0 Å². The van der Waals surface area contributed by atoms with E-state index in [9.17, 15) is 15.0 Å². The van der Waals surface area contributed by atoms with Crippen LogP contribution in [-0.2, 0) is 6.42 Å². The maximum atomic E-state index is 12.7. The number of carbonyl (C=O) groups excluding carboxylic acids is 1. The van der Waals surface area contributed by atoms with E-state index >= 15 is 0 Å². The van der Waals surface area contributed by atoms with Crippen molar-refractivity contribution in [1.29, 1.82) is 0 Å². The fourth-order valence-corrected chi connectivity index (χ4v) is 4.14. The molecule has 1 heterocycles. The van der Waals surface area contributed by atoms with Crippen LogP contribution < -0.4 is 5.32 Å². The van der Waals surface area contributed by atoms with Gasteiger partial charge in [-0.2, -0.15) is 0 Å². The highest BCUT2D eigenvalue weighted by molar-refractivity contribution is 6.08. The topological polar surface area (TPSA) is 85.4 Å². The molecule has 2 aromatic carbocycles. The molecule has 1 aliphatic rings. The molecule has 0 spiro atoms. The van der Waals surface area contributed by atoms with Crippen LogP contribution in [0, 0.1) is 0 Å². The van der Waals surface area contributed by atoms with Crippen LogP contribution in [0.5, 0.6) is 11.6 Å². The number of nitrogens with one attached hydrogen (secondary N) is 2. The summed E-state index contributed by atoms with van der Waals surface area (Å²) in [6, 6.07) is 17.4. The fourth-order valence-electron chi connectivity index (χ4n) is 4.14. The van der Waals surface area contributed by atoms with Crippen molar-refractivity contribution in [2.24, 2.45) is 0 Å². The summed E-state index contributed by atoms with van der Waals surface area (Å²) in [5.74, 6) is -0.486. The highest BCUT2D eigenvalue weighted by atomic mass is 16.3. The lowest BCUT2D eigenvalue weighted by Crippen LogP contribution is -2.12. The summed E-state index contributed by atoms with van der Waals surface area (Å²) in [7, 11) is 0. The number of aromatic amines is 1. The van der Waals surface area contributed by atoms with Crippen LogP contribution in [0.1, 0.15) is 65.2 Å². The van der Waals surface area contributed by atoms with Crippen LogP contribution in [-0.4, -0.2) is 21.1 Å². The third-order valence-corrected chi connectivity index (χ3v) is 5.72. The van der Waals surface area contributed by atoms with Gasteiger partial charge in [-0.1, -0.05) is 61.7 Å². The molecule has 1 saturated carbocycles. The van der Waals surface area contributed by atoms with Crippen molar-refractivity contribution >= 4 is 11.6 Å². The van der Waals surface area contributed by atoms with Gasteiger partial charge in [0.05, 0.1) is 5.69 Å². The average Bonchev–Trinajstić information content (AvgIpc) is 3.03. The first-order valence-corrected chi connectivity index (χ1v) is 10.2. The SMILES string of the molecule is O=C(Nc1ccc(C2CCCCC2)cc1)c1c(O)[nH]c(Cc2ccccc2)c1O. The maximum Gasteiger partial charge on any atom is 0.264 e. The quantitative estimate of drug-likeness (QED) is 0.476. The Balaban J connectivity index is 1.47. The molecule has 29 heavy (non-hydrogen) atoms. The van der Waals surface area contributed by atoms with Gasteiger partial charge >= 0.3 is 0 Å². The zero-order chi connectivity index (χ0) is 20.2. The Morgan fingerprint density at radius 3 is 2.34 bits per heavy atom. The van der Waals surface area contributed by atoms with Crippen LogP contribution in [0.2, 0.25) is 0 Å². The zero-order valence-corrected chi connectivity index (χ0v) is 16.3. The minimum absolute atomic E-state index is 0.132. The maximum absolute atomic E-state index is 12.7. The van der Waals surface area contributed by atoms with Crippen LogP contribution in [0.4, 0.5) is 5.69 Å². The number of aromatic hydroxyl groups is 2. The Hall–Kier alpha value is -3.21. The zero-order valence-electron chi connectivity index (χ0n) is 16.3. The second-order valence-corrected chi connectivity index (χ2v) is 7.75. The number of carbonyl (C=O) groups is 1. The molecule has 5 nitrogen and oxygen atoms in total. The van der Waals surface area contributed by atoms with Gasteiger partial charge in [0.15, 0.2) is 5.75 Å². The average molecular weight is 390 g/mol. The molecule has 0 saturated heterocycles. The Labute approximate surface area is 170 Å². The molecule has 0 bridgehead atoms. The van der Waals surface area contributed by atoms with Gasteiger partial charge in [0.1, 0.15) is 5.56 Å². The predicted molar refractivity (Wildman–Crippen MR) is 114 cm³/mol. The van der Waals surface area contributed by atoms with Crippen molar-refractivity contribution in [3.8, 4) is 11.6 Å². The Kier molecular flexibility index (Phi) is 5.56. The molecule has 0 atom stereocenters. The van der Waals surface area contributed by atoms with Crippen molar-refractivity contribution < 1.29 is 15.0 Å². The largest absolute Gasteiger partial charge is 0.505 e. The summed E-state index contributed by atoms with van der Waals surface area (Å²) in [6.07, 6.45) is 6.72. The van der Waals surface area contributed by atoms with Crippen LogP contribution >= 0.6 is 0 Å². The molecular weight excluding hydrogens is 364 g/mol. The van der Waals surface area contributed by atoms with Gasteiger partial charge in [-0.15, -0.1) is 0 Å². The Morgan fingerprint density at radius 1 is 0.966 bits per heavy atom. The number of rotatable bonds is 5. The predicted octanol–water partition coefficient (Wildman–Crippen LogP) is 5.32. The van der Waals surface area contributed by atoms with E-state index in [2.05, 4.69) is 22.4 Å². The van der Waals surface area contributed by atoms with Gasteiger partial charge in [-0.05, 0) is 42.0 Å². The molecule has 0 radical (unpaired) electrons. The van der Waals surface area contributed by atoms with Crippen LogP contribution in [0.3, 0.4) is 0 Å². The van der Waals surface area contributed by atoms with Gasteiger partial charge in [-0.3, -0.25) is 4.79 Å². The first-order chi connectivity index (χ1) is 14.1.